The van der Waals surface area contributed by atoms with Crippen LogP contribution in [0, 0.1) is 0 Å². The van der Waals surface area contributed by atoms with Gasteiger partial charge in [-0.15, -0.1) is 10.2 Å². The zero-order chi connectivity index (χ0) is 15.8. The fourth-order valence-electron chi connectivity index (χ4n) is 2.79. The van der Waals surface area contributed by atoms with Gasteiger partial charge in [0, 0.05) is 37.0 Å². The molecule has 0 bridgehead atoms. The van der Waals surface area contributed by atoms with Crippen molar-refractivity contribution in [1.29, 1.82) is 0 Å². The van der Waals surface area contributed by atoms with Gasteiger partial charge in [0.15, 0.2) is 11.5 Å². The lowest BCUT2D eigenvalue weighted by atomic mass is 10.1. The molecule has 5 nitrogen and oxygen atoms in total. The average Bonchev–Trinajstić information content (AvgIpc) is 3.16. The van der Waals surface area contributed by atoms with E-state index in [2.05, 4.69) is 32.3 Å². The zero-order valence-electron chi connectivity index (χ0n) is 13.1. The Morgan fingerprint density at radius 3 is 2.43 bits per heavy atom. The van der Waals surface area contributed by atoms with E-state index in [1.807, 2.05) is 67.1 Å². The molecule has 0 spiro atoms. The van der Waals surface area contributed by atoms with Crippen LogP contribution < -0.4 is 4.90 Å². The Bertz CT molecular complexity index is 950. The maximum atomic E-state index is 4.29. The molecule has 23 heavy (non-hydrogen) atoms. The van der Waals surface area contributed by atoms with Gasteiger partial charge in [-0.05, 0) is 6.07 Å². The van der Waals surface area contributed by atoms with Gasteiger partial charge in [-0.2, -0.15) is 0 Å². The van der Waals surface area contributed by atoms with Crippen molar-refractivity contribution in [2.24, 2.45) is 0 Å². The molecule has 4 aromatic rings. The molecule has 0 atom stereocenters. The molecule has 0 saturated carbocycles. The maximum absolute atomic E-state index is 4.29. The molecule has 0 fully saturated rings. The highest BCUT2D eigenvalue weighted by molar-refractivity contribution is 5.78. The van der Waals surface area contributed by atoms with Crippen LogP contribution in [0.5, 0.6) is 0 Å². The maximum Gasteiger partial charge on any atom is 0.183 e. The number of hydrogen-bond acceptors (Lipinski definition) is 3. The summed E-state index contributed by atoms with van der Waals surface area (Å²) in [5.41, 5.74) is 5.17. The van der Waals surface area contributed by atoms with E-state index < -0.39 is 0 Å². The van der Waals surface area contributed by atoms with E-state index in [1.54, 1.807) is 0 Å². The summed E-state index contributed by atoms with van der Waals surface area (Å²) in [6.07, 6.45) is 0. The zero-order valence-corrected chi connectivity index (χ0v) is 13.1. The number of para-hydroxylation sites is 1. The number of hydrogen-bond donors (Lipinski definition) is 1. The summed E-state index contributed by atoms with van der Waals surface area (Å²) < 4.78 is 1.93. The third kappa shape index (κ3) is 2.26. The molecule has 5 heteroatoms. The molecule has 0 radical (unpaired) electrons. The number of benzene rings is 2. The van der Waals surface area contributed by atoms with E-state index in [-0.39, 0.29) is 0 Å². The van der Waals surface area contributed by atoms with Crippen LogP contribution in [0.4, 0.5) is 5.69 Å². The van der Waals surface area contributed by atoms with Crippen molar-refractivity contribution in [2.45, 2.75) is 0 Å². The molecule has 0 unspecified atom stereocenters. The molecule has 0 aliphatic carbocycles. The highest BCUT2D eigenvalue weighted by atomic mass is 15.4. The second-order valence-electron chi connectivity index (χ2n) is 5.66. The van der Waals surface area contributed by atoms with Gasteiger partial charge in [0.05, 0.1) is 5.69 Å². The Morgan fingerprint density at radius 1 is 0.913 bits per heavy atom. The van der Waals surface area contributed by atoms with Gasteiger partial charge < -0.3 is 4.90 Å². The number of nitrogens with one attached hydrogen (secondary N) is 1. The van der Waals surface area contributed by atoms with Crippen molar-refractivity contribution >= 4 is 11.3 Å². The Labute approximate surface area is 134 Å². The van der Waals surface area contributed by atoms with E-state index in [0.29, 0.717) is 0 Å². The van der Waals surface area contributed by atoms with Gasteiger partial charge in [-0.3, -0.25) is 5.10 Å². The van der Waals surface area contributed by atoms with Crippen molar-refractivity contribution in [1.82, 2.24) is 19.8 Å². The minimum Gasteiger partial charge on any atom is -0.377 e. The minimum absolute atomic E-state index is 0.812. The van der Waals surface area contributed by atoms with Gasteiger partial charge >= 0.3 is 0 Å². The van der Waals surface area contributed by atoms with E-state index >= 15 is 0 Å². The quantitative estimate of drug-likeness (QED) is 0.630. The third-order valence-electron chi connectivity index (χ3n) is 3.90. The topological polar surface area (TPSA) is 49.2 Å². The van der Waals surface area contributed by atoms with Gasteiger partial charge in [0.2, 0.25) is 0 Å². The lowest BCUT2D eigenvalue weighted by Gasteiger charge is -2.16. The Kier molecular flexibility index (Phi) is 3.12. The number of H-pyrrole nitrogens is 1. The van der Waals surface area contributed by atoms with E-state index in [0.717, 1.165) is 34.0 Å². The molecule has 0 amide bonds. The van der Waals surface area contributed by atoms with Crippen molar-refractivity contribution in [3.8, 4) is 22.6 Å². The summed E-state index contributed by atoms with van der Waals surface area (Å²) in [6.45, 7) is 0. The molecule has 2 heterocycles. The van der Waals surface area contributed by atoms with E-state index in [1.165, 1.54) is 0 Å². The third-order valence-corrected chi connectivity index (χ3v) is 3.90. The van der Waals surface area contributed by atoms with Gasteiger partial charge in [0.25, 0.3) is 0 Å². The standard InChI is InChI=1S/C18H17N5/c1-22(2)16-11-7-6-10-14(16)15-12-17-19-20-18(23(17)21-15)13-8-4-3-5-9-13/h3-12,21H,1-2H3. The highest BCUT2D eigenvalue weighted by Crippen LogP contribution is 2.30. The first-order valence-electron chi connectivity index (χ1n) is 7.50. The molecular formula is C18H17N5. The van der Waals surface area contributed by atoms with Crippen LogP contribution in [0.15, 0.2) is 60.7 Å². The monoisotopic (exact) mass is 303 g/mol. The van der Waals surface area contributed by atoms with Crippen LogP contribution in [-0.4, -0.2) is 33.9 Å². The Morgan fingerprint density at radius 2 is 1.65 bits per heavy atom. The number of aromatic amines is 1. The van der Waals surface area contributed by atoms with Crippen molar-refractivity contribution < 1.29 is 0 Å². The molecular weight excluding hydrogens is 286 g/mol. The summed E-state index contributed by atoms with van der Waals surface area (Å²) in [7, 11) is 4.09. The Balaban J connectivity index is 1.87. The molecule has 0 saturated heterocycles. The number of aromatic nitrogens is 4. The molecule has 2 aromatic carbocycles. The molecule has 4 rings (SSSR count). The predicted molar refractivity (Wildman–Crippen MR) is 92.5 cm³/mol. The van der Waals surface area contributed by atoms with Crippen LogP contribution in [0.25, 0.3) is 28.3 Å². The van der Waals surface area contributed by atoms with Crippen LogP contribution in [0.1, 0.15) is 0 Å². The molecule has 0 aliphatic rings. The van der Waals surface area contributed by atoms with Crippen molar-refractivity contribution in [3.63, 3.8) is 0 Å². The van der Waals surface area contributed by atoms with Crippen LogP contribution in [0.3, 0.4) is 0 Å². The smallest absolute Gasteiger partial charge is 0.183 e. The first kappa shape index (κ1) is 13.6. The van der Waals surface area contributed by atoms with E-state index in [4.69, 9.17) is 0 Å². The lowest BCUT2D eigenvalue weighted by Crippen LogP contribution is -2.09. The number of rotatable bonds is 3. The second kappa shape index (κ2) is 5.28. The molecule has 2 aromatic heterocycles. The minimum atomic E-state index is 0.812. The first-order valence-corrected chi connectivity index (χ1v) is 7.50. The highest BCUT2D eigenvalue weighted by Gasteiger charge is 2.14. The molecule has 1 N–H and O–H groups in total. The second-order valence-corrected chi connectivity index (χ2v) is 5.66. The normalized spacial score (nSPS) is 11.0. The summed E-state index contributed by atoms with van der Waals surface area (Å²) in [4.78, 5) is 2.11. The summed E-state index contributed by atoms with van der Waals surface area (Å²) in [5.74, 6) is 0.814. The van der Waals surface area contributed by atoms with Gasteiger partial charge in [0.1, 0.15) is 0 Å². The number of fused-ring (bicyclic) bond motifs is 1. The van der Waals surface area contributed by atoms with Crippen LogP contribution in [-0.2, 0) is 0 Å². The van der Waals surface area contributed by atoms with Crippen molar-refractivity contribution in [3.05, 3.63) is 60.7 Å². The fraction of sp³-hybridized carbons (Fsp3) is 0.111. The largest absolute Gasteiger partial charge is 0.377 e. The lowest BCUT2D eigenvalue weighted by molar-refractivity contribution is 0.969. The summed E-state index contributed by atoms with van der Waals surface area (Å²) >= 11 is 0. The molecule has 0 aliphatic heterocycles. The van der Waals surface area contributed by atoms with Gasteiger partial charge in [-0.25, -0.2) is 4.52 Å². The number of nitrogens with zero attached hydrogens (tertiary/aromatic N) is 4. The van der Waals surface area contributed by atoms with E-state index in [9.17, 15) is 0 Å². The molecule has 114 valence electrons. The van der Waals surface area contributed by atoms with Crippen LogP contribution in [0.2, 0.25) is 0 Å². The average molecular weight is 303 g/mol. The fourth-order valence-corrected chi connectivity index (χ4v) is 2.79. The van der Waals surface area contributed by atoms with Crippen LogP contribution >= 0.6 is 0 Å². The summed E-state index contributed by atoms with van der Waals surface area (Å²) in [5, 5.41) is 12.0. The SMILES string of the molecule is CN(C)c1ccccc1-c1cc2nnc(-c3ccccc3)n2[nH]1. The Hall–Kier alpha value is -3.08. The summed E-state index contributed by atoms with van der Waals surface area (Å²) in [6, 6.07) is 20.4. The van der Waals surface area contributed by atoms with Crippen molar-refractivity contribution in [2.75, 3.05) is 19.0 Å². The number of anilines is 1. The predicted octanol–water partition coefficient (Wildman–Crippen LogP) is 3.46. The van der Waals surface area contributed by atoms with Gasteiger partial charge in [-0.1, -0.05) is 48.5 Å². The first-order chi connectivity index (χ1) is 11.2.